The summed E-state index contributed by atoms with van der Waals surface area (Å²) in [6.07, 6.45) is -0.457. The number of hydrogen-bond acceptors (Lipinski definition) is 4. The molecule has 182 valence electrons. The second-order valence-electron chi connectivity index (χ2n) is 9.01. The Labute approximate surface area is 208 Å². The Hall–Kier alpha value is -3.09. The largest absolute Gasteiger partial charge is 0.506 e. The zero-order chi connectivity index (χ0) is 24.5. The van der Waals surface area contributed by atoms with Gasteiger partial charge in [-0.1, -0.05) is 35.9 Å². The van der Waals surface area contributed by atoms with Gasteiger partial charge in [-0.2, -0.15) is 0 Å². The van der Waals surface area contributed by atoms with Gasteiger partial charge in [-0.25, -0.2) is 4.39 Å². The highest BCUT2D eigenvalue weighted by Gasteiger charge is 2.31. The van der Waals surface area contributed by atoms with Gasteiger partial charge in [-0.3, -0.25) is 9.29 Å². The maximum Gasteiger partial charge on any atom is 0.150 e. The molecule has 0 spiro atoms. The van der Waals surface area contributed by atoms with Crippen molar-refractivity contribution in [2.75, 3.05) is 32.9 Å². The molecule has 1 unspecified atom stereocenters. The molecule has 0 bridgehead atoms. The van der Waals surface area contributed by atoms with E-state index in [2.05, 4.69) is 4.90 Å². The van der Waals surface area contributed by atoms with Crippen LogP contribution in [0.25, 0.3) is 11.1 Å². The molecular formula is C28H26ClF2NO3. The third kappa shape index (κ3) is 4.73. The zero-order valence-corrected chi connectivity index (χ0v) is 20.1. The number of rotatable bonds is 7. The molecule has 5 rings (SSSR count). The fraction of sp³-hybridized carbons (Fsp3) is 0.286. The van der Waals surface area contributed by atoms with E-state index >= 15 is 0 Å². The van der Waals surface area contributed by atoms with Crippen molar-refractivity contribution in [2.45, 2.75) is 13.0 Å². The number of benzene rings is 3. The van der Waals surface area contributed by atoms with E-state index < -0.39 is 6.10 Å². The van der Waals surface area contributed by atoms with Gasteiger partial charge < -0.3 is 14.6 Å². The Morgan fingerprint density at radius 1 is 1.06 bits per heavy atom. The zero-order valence-electron chi connectivity index (χ0n) is 19.3. The van der Waals surface area contributed by atoms with Gasteiger partial charge in [0.2, 0.25) is 0 Å². The molecule has 1 saturated heterocycles. The van der Waals surface area contributed by atoms with Gasteiger partial charge in [-0.15, -0.1) is 0 Å². The SMILES string of the molecule is CC1=C(c2ccc(F)cc2)C(c2ccc(OCCN3CC(CF)C3)cc2)Oc2ccc(O)c(Cl)c21. The molecule has 3 aromatic carbocycles. The van der Waals surface area contributed by atoms with Crippen LogP contribution in [0.4, 0.5) is 8.78 Å². The van der Waals surface area contributed by atoms with Gasteiger partial charge >= 0.3 is 0 Å². The number of fused-ring (bicyclic) bond motifs is 1. The first-order chi connectivity index (χ1) is 16.9. The van der Waals surface area contributed by atoms with Gasteiger partial charge in [0.25, 0.3) is 0 Å². The lowest BCUT2D eigenvalue weighted by atomic mass is 9.86. The Morgan fingerprint density at radius 2 is 1.77 bits per heavy atom. The molecule has 2 aliphatic rings. The first kappa shape index (κ1) is 23.6. The molecule has 1 atom stereocenters. The van der Waals surface area contributed by atoms with Crippen molar-refractivity contribution in [3.05, 3.63) is 88.2 Å². The number of alkyl halides is 1. The van der Waals surface area contributed by atoms with E-state index in [1.165, 1.54) is 18.2 Å². The average Bonchev–Trinajstić information content (AvgIpc) is 2.84. The van der Waals surface area contributed by atoms with Crippen LogP contribution in [0.1, 0.15) is 29.7 Å². The smallest absolute Gasteiger partial charge is 0.150 e. The molecule has 4 nitrogen and oxygen atoms in total. The van der Waals surface area contributed by atoms with Crippen LogP contribution in [0.5, 0.6) is 17.2 Å². The second-order valence-corrected chi connectivity index (χ2v) is 9.39. The summed E-state index contributed by atoms with van der Waals surface area (Å²) in [5.41, 5.74) is 4.03. The van der Waals surface area contributed by atoms with Gasteiger partial charge in [0, 0.05) is 36.7 Å². The highest BCUT2D eigenvalue weighted by molar-refractivity contribution is 6.34. The van der Waals surface area contributed by atoms with E-state index in [1.54, 1.807) is 18.2 Å². The van der Waals surface area contributed by atoms with Crippen molar-refractivity contribution in [3.8, 4) is 17.2 Å². The first-order valence-corrected chi connectivity index (χ1v) is 12.0. The van der Waals surface area contributed by atoms with E-state index in [0.717, 1.165) is 47.7 Å². The van der Waals surface area contributed by atoms with E-state index in [1.807, 2.05) is 31.2 Å². The van der Waals surface area contributed by atoms with Crippen molar-refractivity contribution in [1.29, 1.82) is 0 Å². The summed E-state index contributed by atoms with van der Waals surface area (Å²) in [4.78, 5) is 2.18. The van der Waals surface area contributed by atoms with Crippen LogP contribution in [-0.2, 0) is 0 Å². The van der Waals surface area contributed by atoms with Crippen molar-refractivity contribution >= 4 is 22.7 Å². The Kier molecular flexibility index (Phi) is 6.67. The number of hydrogen-bond donors (Lipinski definition) is 1. The lowest BCUT2D eigenvalue weighted by Crippen LogP contribution is -2.49. The monoisotopic (exact) mass is 497 g/mol. The minimum atomic E-state index is -0.457. The molecule has 1 fully saturated rings. The summed E-state index contributed by atoms with van der Waals surface area (Å²) in [6, 6.07) is 17.2. The standard InChI is InChI=1S/C28H26ClF2NO3/c1-17-25(19-2-6-21(31)7-3-19)28(35-24-11-10-23(33)27(29)26(17)24)20-4-8-22(9-5-20)34-13-12-32-15-18(14-30)16-32/h2-11,18,28,33H,12-16H2,1H3. The molecule has 7 heteroatoms. The van der Waals surface area contributed by atoms with Crippen LogP contribution in [0.2, 0.25) is 5.02 Å². The van der Waals surface area contributed by atoms with Gasteiger partial charge in [0.15, 0.2) is 0 Å². The van der Waals surface area contributed by atoms with Crippen LogP contribution in [0.3, 0.4) is 0 Å². The lowest BCUT2D eigenvalue weighted by Gasteiger charge is -2.37. The van der Waals surface area contributed by atoms with Crippen molar-refractivity contribution in [3.63, 3.8) is 0 Å². The predicted octanol–water partition coefficient (Wildman–Crippen LogP) is 6.53. The highest BCUT2D eigenvalue weighted by Crippen LogP contribution is 2.50. The van der Waals surface area contributed by atoms with Crippen LogP contribution in [0, 0.1) is 11.7 Å². The summed E-state index contributed by atoms with van der Waals surface area (Å²) in [6.45, 7) is 4.56. The third-order valence-electron chi connectivity index (χ3n) is 6.63. The molecule has 3 aromatic rings. The Morgan fingerprint density at radius 3 is 2.46 bits per heavy atom. The fourth-order valence-corrected chi connectivity index (χ4v) is 5.03. The second kappa shape index (κ2) is 9.88. The average molecular weight is 498 g/mol. The Balaban J connectivity index is 1.40. The molecule has 0 radical (unpaired) electrons. The molecule has 2 heterocycles. The van der Waals surface area contributed by atoms with Crippen LogP contribution < -0.4 is 9.47 Å². The maximum absolute atomic E-state index is 13.7. The van der Waals surface area contributed by atoms with Crippen molar-refractivity contribution < 1.29 is 23.4 Å². The van der Waals surface area contributed by atoms with Gasteiger partial charge in [0.05, 0.1) is 11.7 Å². The number of phenols is 1. The molecule has 0 aromatic heterocycles. The summed E-state index contributed by atoms with van der Waals surface area (Å²) < 4.78 is 38.5. The number of likely N-dealkylation sites (tertiary alicyclic amines) is 1. The fourth-order valence-electron chi connectivity index (χ4n) is 4.73. The first-order valence-electron chi connectivity index (χ1n) is 11.6. The van der Waals surface area contributed by atoms with E-state index in [-0.39, 0.29) is 29.2 Å². The molecule has 0 saturated carbocycles. The lowest BCUT2D eigenvalue weighted by molar-refractivity contribution is 0.0668. The van der Waals surface area contributed by atoms with E-state index in [0.29, 0.717) is 17.9 Å². The number of ether oxygens (including phenoxy) is 2. The summed E-state index contributed by atoms with van der Waals surface area (Å²) in [5.74, 6) is 1.13. The normalized spacial score (nSPS) is 18.1. The molecule has 2 aliphatic heterocycles. The molecule has 0 amide bonds. The quantitative estimate of drug-likeness (QED) is 0.403. The summed E-state index contributed by atoms with van der Waals surface area (Å²) in [5, 5.41) is 10.4. The van der Waals surface area contributed by atoms with Crippen LogP contribution in [0.15, 0.2) is 60.7 Å². The highest BCUT2D eigenvalue weighted by atomic mass is 35.5. The molecular weight excluding hydrogens is 472 g/mol. The minimum Gasteiger partial charge on any atom is -0.506 e. The maximum atomic E-state index is 13.7. The number of allylic oxidation sites excluding steroid dienone is 1. The number of nitrogens with zero attached hydrogens (tertiary/aromatic N) is 1. The van der Waals surface area contributed by atoms with Crippen LogP contribution in [-0.4, -0.2) is 42.9 Å². The van der Waals surface area contributed by atoms with Gasteiger partial charge in [0.1, 0.15) is 35.8 Å². The van der Waals surface area contributed by atoms with Gasteiger partial charge in [-0.05, 0) is 60.0 Å². The minimum absolute atomic E-state index is 0.0229. The topological polar surface area (TPSA) is 41.9 Å². The van der Waals surface area contributed by atoms with Crippen LogP contribution >= 0.6 is 11.6 Å². The van der Waals surface area contributed by atoms with Crippen molar-refractivity contribution in [2.24, 2.45) is 5.92 Å². The molecule has 0 aliphatic carbocycles. The summed E-state index contributed by atoms with van der Waals surface area (Å²) in [7, 11) is 0. The number of halogens is 3. The Bertz CT molecular complexity index is 1240. The van der Waals surface area contributed by atoms with E-state index in [9.17, 15) is 13.9 Å². The predicted molar refractivity (Wildman–Crippen MR) is 133 cm³/mol. The molecule has 1 N–H and O–H groups in total. The van der Waals surface area contributed by atoms with Crippen molar-refractivity contribution in [1.82, 2.24) is 4.90 Å². The third-order valence-corrected chi connectivity index (χ3v) is 7.02. The summed E-state index contributed by atoms with van der Waals surface area (Å²) >= 11 is 6.44. The van der Waals surface area contributed by atoms with E-state index in [4.69, 9.17) is 21.1 Å². The molecule has 35 heavy (non-hydrogen) atoms. The number of phenolic OH excluding ortho intramolecular Hbond substituents is 1. The number of aromatic hydroxyl groups is 1.